The molecule has 0 spiro atoms. The zero-order chi connectivity index (χ0) is 14.7. The smallest absolute Gasteiger partial charge is 0.217 e. The molecule has 1 aliphatic rings. The first-order chi connectivity index (χ1) is 9.51. The van der Waals surface area contributed by atoms with Gasteiger partial charge in [0.1, 0.15) is 23.6 Å². The van der Waals surface area contributed by atoms with Crippen molar-refractivity contribution < 1.29 is 18.4 Å². The van der Waals surface area contributed by atoms with Crippen molar-refractivity contribution in [1.82, 2.24) is 0 Å². The fraction of sp³-hybridized carbons (Fsp3) is 0.429. The molecule has 2 rings (SSSR count). The van der Waals surface area contributed by atoms with Gasteiger partial charge in [-0.2, -0.15) is 0 Å². The van der Waals surface area contributed by atoms with Crippen molar-refractivity contribution in [1.29, 1.82) is 0 Å². The highest BCUT2D eigenvalue weighted by Crippen LogP contribution is 2.29. The summed E-state index contributed by atoms with van der Waals surface area (Å²) in [6.07, 6.45) is 2.05. The van der Waals surface area contributed by atoms with Crippen molar-refractivity contribution in [3.05, 3.63) is 29.3 Å². The monoisotopic (exact) mass is 282 g/mol. The first-order valence-corrected chi connectivity index (χ1v) is 6.48. The average Bonchev–Trinajstić information content (AvgIpc) is 2.39. The Morgan fingerprint density at radius 3 is 2.30 bits per heavy atom. The van der Waals surface area contributed by atoms with Gasteiger partial charge in [0.05, 0.1) is 0 Å². The number of halogens is 2. The molecule has 0 saturated carbocycles. The van der Waals surface area contributed by atoms with E-state index in [0.29, 0.717) is 38.6 Å². The minimum absolute atomic E-state index is 0.0210. The molecule has 4 nitrogen and oxygen atoms in total. The van der Waals surface area contributed by atoms with Crippen LogP contribution in [-0.4, -0.2) is 25.3 Å². The van der Waals surface area contributed by atoms with Gasteiger partial charge in [-0.3, -0.25) is 9.59 Å². The zero-order valence-electron chi connectivity index (χ0n) is 10.9. The quantitative estimate of drug-likeness (QED) is 0.857. The molecule has 0 bridgehead atoms. The van der Waals surface area contributed by atoms with E-state index in [4.69, 9.17) is 5.73 Å². The summed E-state index contributed by atoms with van der Waals surface area (Å²) in [6.45, 7) is 0.929. The fourth-order valence-corrected chi connectivity index (χ4v) is 2.60. The summed E-state index contributed by atoms with van der Waals surface area (Å²) in [5, 5.41) is 0. The standard InChI is InChI=1S/C14H16F2N2O2/c15-11-5-10(8-19)6-12(16)14(11)18-3-1-9(2-4-18)7-13(17)20/h5-6,8-9H,1-4,7H2,(H2,17,20). The predicted octanol–water partition coefficient (Wildman–Crippen LogP) is 1.87. The van der Waals surface area contributed by atoms with Crippen molar-refractivity contribution >= 4 is 17.9 Å². The molecule has 1 saturated heterocycles. The summed E-state index contributed by atoms with van der Waals surface area (Å²) in [4.78, 5) is 23.0. The number of rotatable bonds is 4. The summed E-state index contributed by atoms with van der Waals surface area (Å²) in [7, 11) is 0. The minimum Gasteiger partial charge on any atom is -0.370 e. The van der Waals surface area contributed by atoms with Crippen molar-refractivity contribution in [2.75, 3.05) is 18.0 Å². The molecule has 20 heavy (non-hydrogen) atoms. The summed E-state index contributed by atoms with van der Waals surface area (Å²) in [5.41, 5.74) is 5.02. The lowest BCUT2D eigenvalue weighted by Crippen LogP contribution is -2.36. The zero-order valence-corrected chi connectivity index (χ0v) is 10.9. The number of hydrogen-bond donors (Lipinski definition) is 1. The maximum absolute atomic E-state index is 13.9. The molecular weight excluding hydrogens is 266 g/mol. The van der Waals surface area contributed by atoms with Gasteiger partial charge >= 0.3 is 0 Å². The lowest BCUT2D eigenvalue weighted by molar-refractivity contribution is -0.119. The van der Waals surface area contributed by atoms with Gasteiger partial charge in [0, 0.05) is 25.1 Å². The molecule has 0 atom stereocenters. The van der Waals surface area contributed by atoms with Crippen LogP contribution >= 0.6 is 0 Å². The second-order valence-corrected chi connectivity index (χ2v) is 5.05. The molecule has 108 valence electrons. The molecule has 2 N–H and O–H groups in total. The molecule has 0 aromatic heterocycles. The second-order valence-electron chi connectivity index (χ2n) is 5.05. The molecule has 0 radical (unpaired) electrons. The highest BCUT2D eigenvalue weighted by atomic mass is 19.1. The van der Waals surface area contributed by atoms with Gasteiger partial charge in [0.25, 0.3) is 0 Å². The Hall–Kier alpha value is -1.98. The first-order valence-electron chi connectivity index (χ1n) is 6.48. The number of carbonyl (C=O) groups is 2. The summed E-state index contributed by atoms with van der Waals surface area (Å²) < 4.78 is 27.8. The maximum Gasteiger partial charge on any atom is 0.217 e. The van der Waals surface area contributed by atoms with Crippen LogP contribution in [0.2, 0.25) is 0 Å². The Balaban J connectivity index is 2.11. The molecular formula is C14H16F2N2O2. The number of aldehydes is 1. The Bertz CT molecular complexity index is 503. The van der Waals surface area contributed by atoms with Gasteiger partial charge in [0.2, 0.25) is 5.91 Å². The number of hydrogen-bond acceptors (Lipinski definition) is 3. The Labute approximate surface area is 115 Å². The van der Waals surface area contributed by atoms with E-state index in [0.717, 1.165) is 12.1 Å². The number of primary amides is 1. The third-order valence-electron chi connectivity index (χ3n) is 3.60. The van der Waals surface area contributed by atoms with Gasteiger partial charge in [-0.25, -0.2) is 8.78 Å². The van der Waals surface area contributed by atoms with Gasteiger partial charge in [-0.05, 0) is 30.9 Å². The van der Waals surface area contributed by atoms with Gasteiger partial charge in [0.15, 0.2) is 0 Å². The van der Waals surface area contributed by atoms with Crippen LogP contribution in [0.25, 0.3) is 0 Å². The lowest BCUT2D eigenvalue weighted by atomic mass is 9.93. The Kier molecular flexibility index (Phi) is 4.32. The SMILES string of the molecule is NC(=O)CC1CCN(c2c(F)cc(C=O)cc2F)CC1. The van der Waals surface area contributed by atoms with Crippen LogP contribution in [0.3, 0.4) is 0 Å². The van der Waals surface area contributed by atoms with Crippen LogP contribution in [-0.2, 0) is 4.79 Å². The van der Waals surface area contributed by atoms with Crippen LogP contribution in [0.4, 0.5) is 14.5 Å². The third-order valence-corrected chi connectivity index (χ3v) is 3.60. The molecule has 1 aromatic rings. The largest absolute Gasteiger partial charge is 0.370 e. The highest BCUT2D eigenvalue weighted by molar-refractivity contribution is 5.76. The predicted molar refractivity (Wildman–Crippen MR) is 70.5 cm³/mol. The van der Waals surface area contributed by atoms with E-state index in [2.05, 4.69) is 0 Å². The van der Waals surface area contributed by atoms with Crippen LogP contribution < -0.4 is 10.6 Å². The molecule has 1 fully saturated rings. The van der Waals surface area contributed by atoms with E-state index >= 15 is 0 Å². The Morgan fingerprint density at radius 2 is 1.85 bits per heavy atom. The van der Waals surface area contributed by atoms with E-state index in [-0.39, 0.29) is 23.1 Å². The van der Waals surface area contributed by atoms with Crippen molar-refractivity contribution in [2.24, 2.45) is 11.7 Å². The van der Waals surface area contributed by atoms with Crippen LogP contribution in [0.15, 0.2) is 12.1 Å². The molecule has 1 aliphatic heterocycles. The van der Waals surface area contributed by atoms with Crippen LogP contribution in [0.5, 0.6) is 0 Å². The van der Waals surface area contributed by atoms with Crippen LogP contribution in [0.1, 0.15) is 29.6 Å². The first kappa shape index (κ1) is 14.4. The minimum atomic E-state index is -0.736. The third kappa shape index (κ3) is 3.12. The number of nitrogens with zero attached hydrogens (tertiary/aromatic N) is 1. The Morgan fingerprint density at radius 1 is 1.30 bits per heavy atom. The number of benzene rings is 1. The average molecular weight is 282 g/mol. The van der Waals surface area contributed by atoms with Gasteiger partial charge in [-0.1, -0.05) is 0 Å². The van der Waals surface area contributed by atoms with E-state index < -0.39 is 11.6 Å². The summed E-state index contributed by atoms with van der Waals surface area (Å²) in [6, 6.07) is 2.06. The van der Waals surface area contributed by atoms with E-state index in [1.165, 1.54) is 0 Å². The lowest BCUT2D eigenvalue weighted by Gasteiger charge is -2.33. The highest BCUT2D eigenvalue weighted by Gasteiger charge is 2.25. The van der Waals surface area contributed by atoms with E-state index in [1.54, 1.807) is 4.90 Å². The molecule has 6 heteroatoms. The molecule has 1 aromatic carbocycles. The summed E-state index contributed by atoms with van der Waals surface area (Å²) >= 11 is 0. The molecule has 1 heterocycles. The number of piperidine rings is 1. The second kappa shape index (κ2) is 5.98. The summed E-state index contributed by atoms with van der Waals surface area (Å²) in [5.74, 6) is -1.65. The van der Waals surface area contributed by atoms with Crippen molar-refractivity contribution in [2.45, 2.75) is 19.3 Å². The normalized spacial score (nSPS) is 16.2. The number of amides is 1. The molecule has 0 aliphatic carbocycles. The van der Waals surface area contributed by atoms with Gasteiger partial charge < -0.3 is 10.6 Å². The van der Waals surface area contributed by atoms with Crippen molar-refractivity contribution in [3.8, 4) is 0 Å². The van der Waals surface area contributed by atoms with Crippen molar-refractivity contribution in [3.63, 3.8) is 0 Å². The number of carbonyl (C=O) groups excluding carboxylic acids is 2. The topological polar surface area (TPSA) is 63.4 Å². The van der Waals surface area contributed by atoms with E-state index in [9.17, 15) is 18.4 Å². The molecule has 0 unspecified atom stereocenters. The van der Waals surface area contributed by atoms with Gasteiger partial charge in [-0.15, -0.1) is 0 Å². The number of anilines is 1. The fourth-order valence-electron chi connectivity index (χ4n) is 2.60. The molecule has 1 amide bonds. The van der Waals surface area contributed by atoms with Crippen LogP contribution in [0, 0.1) is 17.6 Å². The maximum atomic E-state index is 13.9. The number of nitrogens with two attached hydrogens (primary N) is 1. The van der Waals surface area contributed by atoms with E-state index in [1.807, 2.05) is 0 Å².